The number of benzene rings is 1. The van der Waals surface area contributed by atoms with E-state index in [1.54, 1.807) is 19.3 Å². The van der Waals surface area contributed by atoms with Crippen LogP contribution in [0.2, 0.25) is 0 Å². The van der Waals surface area contributed by atoms with Gasteiger partial charge in [0.05, 0.1) is 37.6 Å². The monoisotopic (exact) mass is 369 g/mol. The zero-order valence-corrected chi connectivity index (χ0v) is 15.9. The van der Waals surface area contributed by atoms with E-state index >= 15 is 0 Å². The van der Waals surface area contributed by atoms with Gasteiger partial charge in [-0.1, -0.05) is 30.3 Å². The minimum atomic E-state index is -0.192. The summed E-state index contributed by atoms with van der Waals surface area (Å²) >= 11 is 0. The van der Waals surface area contributed by atoms with Crippen molar-refractivity contribution in [3.63, 3.8) is 0 Å². The van der Waals surface area contributed by atoms with Gasteiger partial charge in [0.25, 0.3) is 0 Å². The molecule has 0 saturated carbocycles. The summed E-state index contributed by atoms with van der Waals surface area (Å²) in [5.74, 6) is 0.0696. The lowest BCUT2D eigenvalue weighted by Gasteiger charge is -2.37. The van der Waals surface area contributed by atoms with Crippen LogP contribution in [0.15, 0.2) is 41.5 Å². The maximum atomic E-state index is 10.3. The lowest BCUT2D eigenvalue weighted by molar-refractivity contribution is 0.0119. The SMILES string of the molecule is Cc1ncc(CO)c(C=N[C@@H](C)[C@H](c2ccccc2)N2CCOCC2)c1O. The number of aliphatic hydroxyl groups is 1. The van der Waals surface area contributed by atoms with Crippen molar-refractivity contribution in [2.24, 2.45) is 4.99 Å². The van der Waals surface area contributed by atoms with E-state index in [1.807, 2.05) is 18.2 Å². The van der Waals surface area contributed by atoms with Gasteiger partial charge in [-0.2, -0.15) is 0 Å². The summed E-state index contributed by atoms with van der Waals surface area (Å²) in [6.07, 6.45) is 3.24. The van der Waals surface area contributed by atoms with Gasteiger partial charge in [-0.15, -0.1) is 0 Å². The maximum Gasteiger partial charge on any atom is 0.145 e. The second-order valence-corrected chi connectivity index (χ2v) is 6.81. The zero-order chi connectivity index (χ0) is 19.2. The van der Waals surface area contributed by atoms with Crippen molar-refractivity contribution in [3.8, 4) is 5.75 Å². The van der Waals surface area contributed by atoms with Crippen LogP contribution in [-0.2, 0) is 11.3 Å². The normalized spacial score (nSPS) is 17.9. The number of hydrogen-bond acceptors (Lipinski definition) is 6. The number of nitrogens with zero attached hydrogens (tertiary/aromatic N) is 3. The highest BCUT2D eigenvalue weighted by Gasteiger charge is 2.27. The van der Waals surface area contributed by atoms with E-state index in [0.717, 1.165) is 26.3 Å². The molecule has 0 aliphatic carbocycles. The molecule has 1 fully saturated rings. The molecule has 1 aliphatic heterocycles. The Morgan fingerprint density at radius 3 is 2.63 bits per heavy atom. The molecule has 0 bridgehead atoms. The second-order valence-electron chi connectivity index (χ2n) is 6.81. The van der Waals surface area contributed by atoms with Gasteiger partial charge in [-0.05, 0) is 19.4 Å². The van der Waals surface area contributed by atoms with E-state index in [2.05, 4.69) is 28.9 Å². The lowest BCUT2D eigenvalue weighted by atomic mass is 9.98. The third-order valence-corrected chi connectivity index (χ3v) is 5.00. The van der Waals surface area contributed by atoms with Gasteiger partial charge in [-0.3, -0.25) is 14.9 Å². The number of morpholine rings is 1. The van der Waals surface area contributed by atoms with Crippen LogP contribution in [0.5, 0.6) is 5.75 Å². The van der Waals surface area contributed by atoms with Crippen molar-refractivity contribution < 1.29 is 14.9 Å². The first-order chi connectivity index (χ1) is 13.1. The number of aromatic nitrogens is 1. The Labute approximate surface area is 160 Å². The predicted octanol–water partition coefficient (Wildman–Crippen LogP) is 2.47. The van der Waals surface area contributed by atoms with Gasteiger partial charge in [0, 0.05) is 36.6 Å². The number of aliphatic imine (C=N–C) groups is 1. The van der Waals surface area contributed by atoms with Crippen LogP contribution in [0.3, 0.4) is 0 Å². The topological polar surface area (TPSA) is 78.2 Å². The number of aromatic hydroxyl groups is 1. The fraction of sp³-hybridized carbons (Fsp3) is 0.429. The summed E-state index contributed by atoms with van der Waals surface area (Å²) in [5.41, 5.74) is 2.83. The molecule has 2 aromatic rings. The van der Waals surface area contributed by atoms with Crippen LogP contribution in [0.1, 0.15) is 35.3 Å². The van der Waals surface area contributed by atoms with E-state index < -0.39 is 0 Å². The lowest BCUT2D eigenvalue weighted by Crippen LogP contribution is -2.42. The Bertz CT molecular complexity index is 774. The number of aliphatic hydroxyl groups excluding tert-OH is 1. The van der Waals surface area contributed by atoms with Gasteiger partial charge in [0.2, 0.25) is 0 Å². The average Bonchev–Trinajstić information content (AvgIpc) is 2.71. The van der Waals surface area contributed by atoms with Crippen LogP contribution in [0, 0.1) is 6.92 Å². The molecule has 1 saturated heterocycles. The largest absolute Gasteiger partial charge is 0.505 e. The fourth-order valence-electron chi connectivity index (χ4n) is 3.50. The Morgan fingerprint density at radius 1 is 1.26 bits per heavy atom. The van der Waals surface area contributed by atoms with Crippen LogP contribution in [0.25, 0.3) is 0 Å². The number of aryl methyl sites for hydroxylation is 1. The van der Waals surface area contributed by atoms with Crippen molar-refractivity contribution in [3.05, 3.63) is 58.9 Å². The summed E-state index contributed by atoms with van der Waals surface area (Å²) in [6.45, 7) is 6.78. The van der Waals surface area contributed by atoms with Crippen LogP contribution < -0.4 is 0 Å². The van der Waals surface area contributed by atoms with Crippen LogP contribution >= 0.6 is 0 Å². The summed E-state index contributed by atoms with van der Waals surface area (Å²) < 4.78 is 5.51. The van der Waals surface area contributed by atoms with E-state index in [9.17, 15) is 10.2 Å². The molecule has 0 amide bonds. The minimum Gasteiger partial charge on any atom is -0.505 e. The molecule has 3 rings (SSSR count). The molecular formula is C21H27N3O3. The Balaban J connectivity index is 1.90. The van der Waals surface area contributed by atoms with Crippen LogP contribution in [0.4, 0.5) is 0 Å². The number of ether oxygens (including phenoxy) is 1. The highest BCUT2D eigenvalue weighted by molar-refractivity contribution is 5.85. The predicted molar refractivity (Wildman–Crippen MR) is 105 cm³/mol. The van der Waals surface area contributed by atoms with Gasteiger partial charge in [0.15, 0.2) is 0 Å². The highest BCUT2D eigenvalue weighted by Crippen LogP contribution is 2.28. The molecule has 2 heterocycles. The van der Waals surface area contributed by atoms with E-state index in [4.69, 9.17) is 9.73 Å². The molecule has 1 aromatic carbocycles. The van der Waals surface area contributed by atoms with Crippen molar-refractivity contribution in [2.45, 2.75) is 32.5 Å². The molecule has 0 radical (unpaired) electrons. The smallest absolute Gasteiger partial charge is 0.145 e. The molecule has 6 heteroatoms. The van der Waals surface area contributed by atoms with E-state index in [1.165, 1.54) is 5.56 Å². The van der Waals surface area contributed by atoms with E-state index in [-0.39, 0.29) is 24.4 Å². The zero-order valence-electron chi connectivity index (χ0n) is 15.9. The highest BCUT2D eigenvalue weighted by atomic mass is 16.5. The first kappa shape index (κ1) is 19.5. The van der Waals surface area contributed by atoms with Crippen molar-refractivity contribution >= 4 is 6.21 Å². The van der Waals surface area contributed by atoms with Crippen LogP contribution in [-0.4, -0.2) is 58.7 Å². The summed E-state index contributed by atoms with van der Waals surface area (Å²) in [7, 11) is 0. The Morgan fingerprint density at radius 2 is 1.96 bits per heavy atom. The summed E-state index contributed by atoms with van der Waals surface area (Å²) in [5, 5.41) is 19.9. The summed E-state index contributed by atoms with van der Waals surface area (Å²) in [6, 6.07) is 10.4. The van der Waals surface area contributed by atoms with Gasteiger partial charge in [-0.25, -0.2) is 0 Å². The first-order valence-corrected chi connectivity index (χ1v) is 9.30. The maximum absolute atomic E-state index is 10.3. The minimum absolute atomic E-state index is 0.0371. The molecular weight excluding hydrogens is 342 g/mol. The average molecular weight is 369 g/mol. The van der Waals surface area contributed by atoms with E-state index in [0.29, 0.717) is 16.8 Å². The number of hydrogen-bond donors (Lipinski definition) is 2. The van der Waals surface area contributed by atoms with Crippen molar-refractivity contribution in [1.82, 2.24) is 9.88 Å². The number of rotatable bonds is 6. The van der Waals surface area contributed by atoms with Gasteiger partial charge in [0.1, 0.15) is 5.75 Å². The standard InChI is InChI=1S/C21H27N3O3/c1-15(23-13-19-18(14-25)12-22-16(2)21(19)26)20(17-6-4-3-5-7-17)24-8-10-27-11-9-24/h3-7,12-13,15,20,25-26H,8-11,14H2,1-2H3/t15-,20+/m0/s1. The van der Waals surface area contributed by atoms with Gasteiger partial charge >= 0.3 is 0 Å². The number of pyridine rings is 1. The second kappa shape index (κ2) is 9.08. The Kier molecular flexibility index (Phi) is 6.55. The molecule has 2 atom stereocenters. The molecule has 0 spiro atoms. The first-order valence-electron chi connectivity index (χ1n) is 9.30. The van der Waals surface area contributed by atoms with Crippen molar-refractivity contribution in [1.29, 1.82) is 0 Å². The van der Waals surface area contributed by atoms with Crippen molar-refractivity contribution in [2.75, 3.05) is 26.3 Å². The third kappa shape index (κ3) is 4.53. The van der Waals surface area contributed by atoms with Gasteiger partial charge < -0.3 is 14.9 Å². The quantitative estimate of drug-likeness (QED) is 0.765. The molecule has 1 aromatic heterocycles. The molecule has 6 nitrogen and oxygen atoms in total. The molecule has 144 valence electrons. The molecule has 2 N–H and O–H groups in total. The third-order valence-electron chi connectivity index (χ3n) is 5.00. The molecule has 27 heavy (non-hydrogen) atoms. The molecule has 1 aliphatic rings. The fourth-order valence-corrected chi connectivity index (χ4v) is 3.50. The Hall–Kier alpha value is -2.28. The molecule has 0 unspecified atom stereocenters. The summed E-state index contributed by atoms with van der Waals surface area (Å²) in [4.78, 5) is 11.2.